The fraction of sp³-hybridized carbons (Fsp3) is 0.545. The van der Waals surface area contributed by atoms with Crippen LogP contribution in [0.1, 0.15) is 19.8 Å². The van der Waals surface area contributed by atoms with Crippen molar-refractivity contribution in [2.45, 2.75) is 19.8 Å². The highest BCUT2D eigenvalue weighted by Crippen LogP contribution is 2.16. The van der Waals surface area contributed by atoms with Gasteiger partial charge >= 0.3 is 6.03 Å². The summed E-state index contributed by atoms with van der Waals surface area (Å²) in [6, 6.07) is -0.163. The molecule has 6 nitrogen and oxygen atoms in total. The van der Waals surface area contributed by atoms with Crippen LogP contribution < -0.4 is 10.9 Å². The van der Waals surface area contributed by atoms with Gasteiger partial charge in [-0.05, 0) is 18.8 Å². The zero-order valence-electron chi connectivity index (χ0n) is 10.2. The van der Waals surface area contributed by atoms with E-state index >= 15 is 0 Å². The lowest BCUT2D eigenvalue weighted by atomic mass is 10.00. The smallest absolute Gasteiger partial charge is 0.323 e. The highest BCUT2D eigenvalue weighted by molar-refractivity contribution is 6.31. The predicted molar refractivity (Wildman–Crippen MR) is 69.2 cm³/mol. The molecule has 1 aliphatic rings. The summed E-state index contributed by atoms with van der Waals surface area (Å²) in [6.45, 7) is 3.76. The van der Waals surface area contributed by atoms with Gasteiger partial charge in [-0.15, -0.1) is 0 Å². The van der Waals surface area contributed by atoms with Crippen molar-refractivity contribution in [3.05, 3.63) is 17.5 Å². The summed E-state index contributed by atoms with van der Waals surface area (Å²) in [7, 11) is 0. The molecule has 2 N–H and O–H groups in total. The minimum absolute atomic E-state index is 0.163. The third-order valence-electron chi connectivity index (χ3n) is 3.01. The van der Waals surface area contributed by atoms with Gasteiger partial charge in [0.15, 0.2) is 11.0 Å². The summed E-state index contributed by atoms with van der Waals surface area (Å²) in [5.41, 5.74) is 5.25. The van der Waals surface area contributed by atoms with Gasteiger partial charge < -0.3 is 4.90 Å². The Morgan fingerprint density at radius 3 is 2.72 bits per heavy atom. The number of rotatable bonds is 2. The maximum absolute atomic E-state index is 11.9. The largest absolute Gasteiger partial charge is 0.336 e. The van der Waals surface area contributed by atoms with E-state index in [1.165, 1.54) is 12.4 Å². The second-order valence-electron chi connectivity index (χ2n) is 4.42. The van der Waals surface area contributed by atoms with Gasteiger partial charge in [0, 0.05) is 25.5 Å². The van der Waals surface area contributed by atoms with Crippen LogP contribution in [-0.2, 0) is 0 Å². The van der Waals surface area contributed by atoms with Crippen molar-refractivity contribution < 1.29 is 4.79 Å². The highest BCUT2D eigenvalue weighted by atomic mass is 35.5. The third-order valence-corrected chi connectivity index (χ3v) is 3.29. The zero-order valence-corrected chi connectivity index (χ0v) is 10.9. The van der Waals surface area contributed by atoms with E-state index in [0.29, 0.717) is 11.7 Å². The molecule has 1 aliphatic heterocycles. The molecule has 1 saturated heterocycles. The number of piperidine rings is 1. The topological polar surface area (TPSA) is 70.2 Å². The number of urea groups is 1. The average molecular weight is 270 g/mol. The number of anilines is 1. The lowest BCUT2D eigenvalue weighted by Gasteiger charge is -2.30. The molecule has 1 aromatic heterocycles. The molecule has 0 spiro atoms. The maximum atomic E-state index is 11.9. The molecule has 1 aromatic rings. The summed E-state index contributed by atoms with van der Waals surface area (Å²) in [5, 5.41) is 0.227. The quantitative estimate of drug-likeness (QED) is 0.805. The summed E-state index contributed by atoms with van der Waals surface area (Å²) >= 11 is 5.81. The molecular weight excluding hydrogens is 254 g/mol. The van der Waals surface area contributed by atoms with Gasteiger partial charge in [0.2, 0.25) is 0 Å². The first-order chi connectivity index (χ1) is 8.66. The van der Waals surface area contributed by atoms with Crippen molar-refractivity contribution in [1.29, 1.82) is 0 Å². The second kappa shape index (κ2) is 5.86. The molecule has 0 radical (unpaired) electrons. The Bertz CT molecular complexity index is 420. The molecule has 0 aliphatic carbocycles. The number of carbonyl (C=O) groups is 1. The van der Waals surface area contributed by atoms with Crippen molar-refractivity contribution in [3.63, 3.8) is 0 Å². The highest BCUT2D eigenvalue weighted by Gasteiger charge is 2.20. The minimum atomic E-state index is -0.163. The number of nitrogens with zero attached hydrogens (tertiary/aromatic N) is 3. The number of likely N-dealkylation sites (tertiary alicyclic amines) is 1. The van der Waals surface area contributed by atoms with E-state index in [9.17, 15) is 4.79 Å². The van der Waals surface area contributed by atoms with Gasteiger partial charge in [-0.1, -0.05) is 18.5 Å². The molecule has 7 heteroatoms. The van der Waals surface area contributed by atoms with Gasteiger partial charge in [-0.2, -0.15) is 0 Å². The first-order valence-corrected chi connectivity index (χ1v) is 6.32. The third kappa shape index (κ3) is 3.22. The van der Waals surface area contributed by atoms with Crippen molar-refractivity contribution >= 4 is 23.4 Å². The monoisotopic (exact) mass is 269 g/mol. The Hall–Kier alpha value is -1.56. The Morgan fingerprint density at radius 1 is 1.39 bits per heavy atom. The van der Waals surface area contributed by atoms with E-state index in [0.717, 1.165) is 25.9 Å². The van der Waals surface area contributed by atoms with Crippen LogP contribution in [0.15, 0.2) is 12.4 Å². The zero-order chi connectivity index (χ0) is 13.0. The van der Waals surface area contributed by atoms with Crippen LogP contribution in [0.5, 0.6) is 0 Å². The first-order valence-electron chi connectivity index (χ1n) is 5.94. The maximum Gasteiger partial charge on any atom is 0.336 e. The molecule has 2 rings (SSSR count). The summed E-state index contributed by atoms with van der Waals surface area (Å²) < 4.78 is 0. The van der Waals surface area contributed by atoms with E-state index < -0.39 is 0 Å². The molecule has 2 amide bonds. The van der Waals surface area contributed by atoms with Crippen LogP contribution in [0.2, 0.25) is 5.15 Å². The van der Waals surface area contributed by atoms with E-state index in [2.05, 4.69) is 27.7 Å². The molecule has 0 unspecified atom stereocenters. The van der Waals surface area contributed by atoms with Gasteiger partial charge in [0.05, 0.1) is 0 Å². The number of amides is 2. The number of carbonyl (C=O) groups excluding carboxylic acids is 1. The number of halogens is 1. The van der Waals surface area contributed by atoms with Crippen molar-refractivity contribution in [3.8, 4) is 0 Å². The van der Waals surface area contributed by atoms with Crippen LogP contribution in [0, 0.1) is 5.92 Å². The van der Waals surface area contributed by atoms with Crippen LogP contribution in [0.25, 0.3) is 0 Å². The standard InChI is InChI=1S/C11H16ClN5O/c1-8-2-6-17(7-3-8)11(18)16-15-10-9(12)13-4-5-14-10/h4-5,8H,2-3,6-7H2,1H3,(H,14,15)(H,16,18). The van der Waals surface area contributed by atoms with Gasteiger partial charge in [-0.25, -0.2) is 14.8 Å². The van der Waals surface area contributed by atoms with Crippen LogP contribution >= 0.6 is 11.6 Å². The van der Waals surface area contributed by atoms with E-state index in [-0.39, 0.29) is 11.2 Å². The fourth-order valence-corrected chi connectivity index (χ4v) is 1.96. The normalized spacial score (nSPS) is 16.4. The molecule has 1 fully saturated rings. The van der Waals surface area contributed by atoms with Gasteiger partial charge in [-0.3, -0.25) is 10.9 Å². The van der Waals surface area contributed by atoms with E-state index in [1.807, 2.05) is 0 Å². The second-order valence-corrected chi connectivity index (χ2v) is 4.78. The van der Waals surface area contributed by atoms with Crippen molar-refractivity contribution in [1.82, 2.24) is 20.3 Å². The van der Waals surface area contributed by atoms with Crippen LogP contribution in [0.3, 0.4) is 0 Å². The number of hydrogen-bond donors (Lipinski definition) is 2. The summed E-state index contributed by atoms with van der Waals surface area (Å²) in [6.07, 6.45) is 5.07. The number of hydrazine groups is 1. The Balaban J connectivity index is 1.83. The molecule has 0 bridgehead atoms. The van der Waals surface area contributed by atoms with Crippen LogP contribution in [-0.4, -0.2) is 34.0 Å². The molecule has 0 atom stereocenters. The first kappa shape index (κ1) is 12.9. The predicted octanol–water partition coefficient (Wildman–Crippen LogP) is 1.90. The van der Waals surface area contributed by atoms with Gasteiger partial charge in [0.25, 0.3) is 0 Å². The van der Waals surface area contributed by atoms with Crippen molar-refractivity contribution in [2.75, 3.05) is 18.5 Å². The van der Waals surface area contributed by atoms with E-state index in [4.69, 9.17) is 11.6 Å². The minimum Gasteiger partial charge on any atom is -0.323 e. The fourth-order valence-electron chi connectivity index (χ4n) is 1.81. The molecule has 18 heavy (non-hydrogen) atoms. The lowest BCUT2D eigenvalue weighted by molar-refractivity contribution is 0.176. The van der Waals surface area contributed by atoms with E-state index in [1.54, 1.807) is 4.90 Å². The molecule has 0 saturated carbocycles. The molecule has 98 valence electrons. The average Bonchev–Trinajstić information content (AvgIpc) is 2.38. The Labute approximate surface area is 111 Å². The summed E-state index contributed by atoms with van der Waals surface area (Å²) in [5.74, 6) is 1.04. The summed E-state index contributed by atoms with van der Waals surface area (Å²) in [4.78, 5) is 21.4. The number of aromatic nitrogens is 2. The lowest BCUT2D eigenvalue weighted by Crippen LogP contribution is -2.46. The SMILES string of the molecule is CC1CCN(C(=O)NNc2nccnc2Cl)CC1. The van der Waals surface area contributed by atoms with Gasteiger partial charge in [0.1, 0.15) is 0 Å². The van der Waals surface area contributed by atoms with Crippen molar-refractivity contribution in [2.24, 2.45) is 5.92 Å². The molecular formula is C11H16ClN5O. The van der Waals surface area contributed by atoms with Crippen LogP contribution in [0.4, 0.5) is 10.6 Å². The molecule has 0 aromatic carbocycles. The number of hydrogen-bond acceptors (Lipinski definition) is 4. The molecule has 2 heterocycles. The Morgan fingerprint density at radius 2 is 2.06 bits per heavy atom. The Kier molecular flexibility index (Phi) is 4.19. The number of nitrogens with one attached hydrogen (secondary N) is 2.